The van der Waals surface area contributed by atoms with Crippen molar-refractivity contribution in [2.24, 2.45) is 0 Å². The minimum Gasteiger partial charge on any atom is -0.379 e. The molecule has 0 amide bonds. The summed E-state index contributed by atoms with van der Waals surface area (Å²) >= 11 is 0. The average Bonchev–Trinajstić information content (AvgIpc) is 2.94. The molecule has 6 heteroatoms. The molecule has 0 saturated heterocycles. The lowest BCUT2D eigenvalue weighted by atomic mass is 9.99. The number of nitrogens with zero attached hydrogens (tertiary/aromatic N) is 3. The summed E-state index contributed by atoms with van der Waals surface area (Å²) in [4.78, 5) is 6.56. The first-order valence-corrected chi connectivity index (χ1v) is 6.96. The number of methoxy groups -OCH3 is 2. The van der Waals surface area contributed by atoms with E-state index in [-0.39, 0.29) is 6.10 Å². The smallest absolute Gasteiger partial charge is 0.252 e. The van der Waals surface area contributed by atoms with Crippen LogP contribution in [0.1, 0.15) is 17.3 Å². The van der Waals surface area contributed by atoms with Crippen molar-refractivity contribution in [3.8, 4) is 0 Å². The molecule has 1 atom stereocenters. The fraction of sp³-hybridized carbons (Fsp3) is 0.467. The third-order valence-corrected chi connectivity index (χ3v) is 3.65. The van der Waals surface area contributed by atoms with Crippen LogP contribution in [-0.4, -0.2) is 37.0 Å². The van der Waals surface area contributed by atoms with Gasteiger partial charge in [0, 0.05) is 32.9 Å². The molecule has 0 radical (unpaired) electrons. The number of rotatable bonds is 5. The van der Waals surface area contributed by atoms with Gasteiger partial charge in [-0.3, -0.25) is 0 Å². The highest BCUT2D eigenvalue weighted by atomic mass is 16.5. The van der Waals surface area contributed by atoms with E-state index < -0.39 is 0 Å². The van der Waals surface area contributed by atoms with E-state index in [0.717, 1.165) is 13.0 Å². The summed E-state index contributed by atoms with van der Waals surface area (Å²) in [5, 5.41) is 4.00. The molecule has 2 aromatic rings. The highest BCUT2D eigenvalue weighted by molar-refractivity contribution is 5.56. The zero-order valence-electron chi connectivity index (χ0n) is 12.3. The predicted molar refractivity (Wildman–Crippen MR) is 77.0 cm³/mol. The molecule has 0 aliphatic carbocycles. The summed E-state index contributed by atoms with van der Waals surface area (Å²) in [5.41, 5.74) is 2.50. The number of benzene rings is 1. The lowest BCUT2D eigenvalue weighted by molar-refractivity contribution is 0.104. The van der Waals surface area contributed by atoms with E-state index in [4.69, 9.17) is 14.0 Å². The lowest BCUT2D eigenvalue weighted by Gasteiger charge is -2.34. The Morgan fingerprint density at radius 3 is 3.00 bits per heavy atom. The second-order valence-corrected chi connectivity index (χ2v) is 5.11. The van der Waals surface area contributed by atoms with Gasteiger partial charge in [-0.25, -0.2) is 0 Å². The van der Waals surface area contributed by atoms with Gasteiger partial charge in [-0.2, -0.15) is 4.98 Å². The van der Waals surface area contributed by atoms with Crippen molar-refractivity contribution in [2.75, 3.05) is 25.7 Å². The van der Waals surface area contributed by atoms with Crippen molar-refractivity contribution >= 4 is 5.69 Å². The van der Waals surface area contributed by atoms with Gasteiger partial charge in [0.25, 0.3) is 5.89 Å². The van der Waals surface area contributed by atoms with Crippen LogP contribution in [0.5, 0.6) is 0 Å². The highest BCUT2D eigenvalue weighted by Gasteiger charge is 2.25. The molecule has 0 saturated carbocycles. The summed E-state index contributed by atoms with van der Waals surface area (Å²) < 4.78 is 15.7. The van der Waals surface area contributed by atoms with Crippen molar-refractivity contribution in [1.82, 2.24) is 10.1 Å². The molecule has 2 heterocycles. The molecular formula is C15H19N3O3. The Kier molecular flexibility index (Phi) is 4.17. The van der Waals surface area contributed by atoms with Crippen LogP contribution in [0.3, 0.4) is 0 Å². The van der Waals surface area contributed by atoms with Crippen LogP contribution in [0.25, 0.3) is 0 Å². The van der Waals surface area contributed by atoms with Crippen LogP contribution >= 0.6 is 0 Å². The number of ether oxygens (including phenoxy) is 2. The Morgan fingerprint density at radius 2 is 2.19 bits per heavy atom. The highest BCUT2D eigenvalue weighted by Crippen LogP contribution is 2.28. The first kappa shape index (κ1) is 14.0. The molecule has 0 bridgehead atoms. The molecule has 6 nitrogen and oxygen atoms in total. The molecule has 1 aliphatic rings. The number of fused-ring (bicyclic) bond motifs is 1. The fourth-order valence-corrected chi connectivity index (χ4v) is 2.66. The minimum atomic E-state index is 0.185. The zero-order chi connectivity index (χ0) is 14.7. The number of anilines is 1. The molecule has 1 aromatic carbocycles. The van der Waals surface area contributed by atoms with Crippen molar-refractivity contribution < 1.29 is 14.0 Å². The first-order chi connectivity index (χ1) is 10.3. The summed E-state index contributed by atoms with van der Waals surface area (Å²) in [7, 11) is 3.36. The second kappa shape index (κ2) is 6.24. The van der Waals surface area contributed by atoms with E-state index >= 15 is 0 Å². The maximum atomic E-state index is 5.53. The van der Waals surface area contributed by atoms with Gasteiger partial charge in [-0.1, -0.05) is 23.4 Å². The fourth-order valence-electron chi connectivity index (χ4n) is 2.66. The largest absolute Gasteiger partial charge is 0.379 e. The van der Waals surface area contributed by atoms with Crippen molar-refractivity contribution in [3.05, 3.63) is 41.5 Å². The van der Waals surface area contributed by atoms with Gasteiger partial charge in [0.15, 0.2) is 5.82 Å². The maximum absolute atomic E-state index is 5.53. The van der Waals surface area contributed by atoms with E-state index in [1.54, 1.807) is 14.2 Å². The molecule has 0 fully saturated rings. The van der Waals surface area contributed by atoms with Crippen LogP contribution in [0.2, 0.25) is 0 Å². The SMILES string of the molecule is COCc1nc(CN2CC(OC)Cc3ccccc32)no1. The average molecular weight is 289 g/mol. The van der Waals surface area contributed by atoms with Crippen molar-refractivity contribution in [3.63, 3.8) is 0 Å². The lowest BCUT2D eigenvalue weighted by Crippen LogP contribution is -2.39. The Balaban J connectivity index is 1.80. The van der Waals surface area contributed by atoms with Crippen LogP contribution < -0.4 is 4.90 Å². The van der Waals surface area contributed by atoms with Gasteiger partial charge >= 0.3 is 0 Å². The quantitative estimate of drug-likeness (QED) is 0.836. The van der Waals surface area contributed by atoms with E-state index in [1.807, 2.05) is 6.07 Å². The van der Waals surface area contributed by atoms with E-state index in [9.17, 15) is 0 Å². The molecule has 3 rings (SSSR count). The van der Waals surface area contributed by atoms with Gasteiger partial charge in [0.05, 0.1) is 12.6 Å². The Morgan fingerprint density at radius 1 is 1.33 bits per heavy atom. The number of aromatic nitrogens is 2. The van der Waals surface area contributed by atoms with Gasteiger partial charge in [0.2, 0.25) is 0 Å². The topological polar surface area (TPSA) is 60.6 Å². The van der Waals surface area contributed by atoms with Crippen LogP contribution in [-0.2, 0) is 29.0 Å². The molecule has 112 valence electrons. The summed E-state index contributed by atoms with van der Waals surface area (Å²) in [5.74, 6) is 1.16. The third kappa shape index (κ3) is 3.06. The van der Waals surface area contributed by atoms with Crippen LogP contribution in [0, 0.1) is 0 Å². The van der Waals surface area contributed by atoms with Gasteiger partial charge in [0.1, 0.15) is 6.61 Å². The summed E-state index contributed by atoms with van der Waals surface area (Å²) in [6, 6.07) is 8.36. The van der Waals surface area contributed by atoms with Crippen molar-refractivity contribution in [1.29, 1.82) is 0 Å². The normalized spacial score (nSPS) is 17.8. The summed E-state index contributed by atoms with van der Waals surface area (Å²) in [6.07, 6.45) is 1.12. The van der Waals surface area contributed by atoms with E-state index in [2.05, 4.69) is 33.2 Å². The number of para-hydroxylation sites is 1. The Bertz CT molecular complexity index is 599. The molecule has 1 aliphatic heterocycles. The van der Waals surface area contributed by atoms with E-state index in [0.29, 0.717) is 24.9 Å². The first-order valence-electron chi connectivity index (χ1n) is 6.96. The monoisotopic (exact) mass is 289 g/mol. The Labute approximate surface area is 123 Å². The predicted octanol–water partition coefficient (Wildman–Crippen LogP) is 1.79. The molecular weight excluding hydrogens is 270 g/mol. The molecule has 21 heavy (non-hydrogen) atoms. The summed E-state index contributed by atoms with van der Waals surface area (Å²) in [6.45, 7) is 1.76. The van der Waals surface area contributed by atoms with Crippen LogP contribution in [0.15, 0.2) is 28.8 Å². The zero-order valence-corrected chi connectivity index (χ0v) is 12.3. The molecule has 1 aromatic heterocycles. The second-order valence-electron chi connectivity index (χ2n) is 5.11. The Hall–Kier alpha value is -1.92. The minimum absolute atomic E-state index is 0.185. The third-order valence-electron chi connectivity index (χ3n) is 3.65. The molecule has 1 unspecified atom stereocenters. The standard InChI is InChI=1S/C15H19N3O3/c1-19-10-15-16-14(17-21-15)9-18-8-12(20-2)7-11-5-3-4-6-13(11)18/h3-6,12H,7-10H2,1-2H3. The van der Waals surface area contributed by atoms with Gasteiger partial charge in [-0.15, -0.1) is 0 Å². The van der Waals surface area contributed by atoms with Gasteiger partial charge < -0.3 is 18.9 Å². The molecule has 0 N–H and O–H groups in total. The van der Waals surface area contributed by atoms with E-state index in [1.165, 1.54) is 11.3 Å². The number of hydrogen-bond donors (Lipinski definition) is 0. The van der Waals surface area contributed by atoms with Crippen LogP contribution in [0.4, 0.5) is 5.69 Å². The molecule has 0 spiro atoms. The van der Waals surface area contributed by atoms with Gasteiger partial charge in [-0.05, 0) is 11.6 Å². The number of hydrogen-bond acceptors (Lipinski definition) is 6. The maximum Gasteiger partial charge on any atom is 0.252 e. The van der Waals surface area contributed by atoms with Crippen molar-refractivity contribution in [2.45, 2.75) is 25.7 Å².